The van der Waals surface area contributed by atoms with E-state index in [9.17, 15) is 0 Å². The average Bonchev–Trinajstić information content (AvgIpc) is 1.69. The van der Waals surface area contributed by atoms with Crippen LogP contribution in [-0.4, -0.2) is 23.1 Å². The Balaban J connectivity index is -0.0000000612. The van der Waals surface area contributed by atoms with E-state index in [0.717, 1.165) is 4.47 Å². The van der Waals surface area contributed by atoms with Crippen LogP contribution in [0.5, 0.6) is 0 Å². The summed E-state index contributed by atoms with van der Waals surface area (Å²) in [4.78, 5) is 0. The molecule has 0 aliphatic rings. The van der Waals surface area contributed by atoms with Crippen molar-refractivity contribution in [2.45, 2.75) is 0 Å². The molecule has 0 atom stereocenters. The monoisotopic (exact) mass is 310 g/mol. The Hall–Kier alpha value is 1.20. The molecule has 1 rings (SSSR count). The maximum absolute atomic E-state index is 3.31. The molecule has 0 amide bonds. The zero-order valence-electron chi connectivity index (χ0n) is 6.88. The predicted octanol–water partition coefficient (Wildman–Crippen LogP) is 2.91. The van der Waals surface area contributed by atoms with Gasteiger partial charge in [-0.1, -0.05) is 34.1 Å². The summed E-state index contributed by atoms with van der Waals surface area (Å²) in [6.45, 7) is 0. The normalized spacial score (nSPS) is 6.78. The summed E-state index contributed by atoms with van der Waals surface area (Å²) in [6, 6.07) is 9.97. The Kier molecular flexibility index (Phi) is 10.4. The molecule has 0 N–H and O–H groups in total. The number of hydrogen-bond donors (Lipinski definition) is 0. The number of benzene rings is 1. The summed E-state index contributed by atoms with van der Waals surface area (Å²) in [7, 11) is 0. The van der Waals surface area contributed by atoms with Crippen molar-refractivity contribution in [3.05, 3.63) is 34.8 Å². The molecule has 0 saturated heterocycles. The summed E-state index contributed by atoms with van der Waals surface area (Å²) in [5.41, 5.74) is 0. The quantitative estimate of drug-likeness (QED) is 0.510. The second-order valence-corrected chi connectivity index (χ2v) is 2.21. The molecular formula is C6H8BrIMg. The minimum Gasteiger partial charge on any atom is -1.00 e. The second kappa shape index (κ2) is 7.30. The second-order valence-electron chi connectivity index (χ2n) is 1.30. The fraction of sp³-hybridized carbons (Fsp3) is 0. The first kappa shape index (κ1) is 12.8. The topological polar surface area (TPSA) is 0 Å². The van der Waals surface area contributed by atoms with Gasteiger partial charge in [0, 0.05) is 4.47 Å². The fourth-order valence-corrected chi connectivity index (χ4v) is 0.720. The van der Waals surface area contributed by atoms with Gasteiger partial charge in [-0.05, 0) is 12.1 Å². The molecule has 0 heterocycles. The summed E-state index contributed by atoms with van der Waals surface area (Å²) in [6.07, 6.45) is 0. The first-order chi connectivity index (χ1) is 3.39. The van der Waals surface area contributed by atoms with E-state index in [-0.39, 0.29) is 49.9 Å². The minimum absolute atomic E-state index is 0. The molecule has 9 heavy (non-hydrogen) atoms. The smallest absolute Gasteiger partial charge is 1.00 e. The van der Waals surface area contributed by atoms with Crippen LogP contribution in [0.3, 0.4) is 0 Å². The Morgan fingerprint density at radius 3 is 1.78 bits per heavy atom. The summed E-state index contributed by atoms with van der Waals surface area (Å²) < 4.78 is 1.13. The van der Waals surface area contributed by atoms with Crippen LogP contribution in [0.2, 0.25) is 0 Å². The van der Waals surface area contributed by atoms with E-state index in [1.165, 1.54) is 0 Å². The van der Waals surface area contributed by atoms with E-state index in [2.05, 4.69) is 15.9 Å². The molecule has 48 valence electrons. The van der Waals surface area contributed by atoms with Crippen LogP contribution in [-0.2, 0) is 0 Å². The van der Waals surface area contributed by atoms with Gasteiger partial charge in [0.15, 0.2) is 0 Å². The van der Waals surface area contributed by atoms with Crippen molar-refractivity contribution in [1.29, 1.82) is 0 Å². The van der Waals surface area contributed by atoms with Crippen molar-refractivity contribution in [1.82, 2.24) is 0 Å². The van der Waals surface area contributed by atoms with Crippen molar-refractivity contribution in [2.75, 3.05) is 0 Å². The number of hydrogen-bond acceptors (Lipinski definition) is 0. The van der Waals surface area contributed by atoms with Crippen LogP contribution < -0.4 is 0 Å². The zero-order chi connectivity index (χ0) is 5.11. The van der Waals surface area contributed by atoms with Gasteiger partial charge in [-0.2, -0.15) is 0 Å². The molecule has 0 spiro atoms. The molecule has 0 aliphatic carbocycles. The molecule has 3 heteroatoms. The van der Waals surface area contributed by atoms with Gasteiger partial charge in [0.2, 0.25) is 0 Å². The van der Waals surface area contributed by atoms with Gasteiger partial charge in [-0.25, -0.2) is 0 Å². The molecule has 1 aromatic rings. The Labute approximate surface area is 99.7 Å². The van der Waals surface area contributed by atoms with Crippen LogP contribution in [0.4, 0.5) is 0 Å². The average molecular weight is 311 g/mol. The van der Waals surface area contributed by atoms with Crippen molar-refractivity contribution in [3.63, 3.8) is 0 Å². The van der Waals surface area contributed by atoms with E-state index in [1.54, 1.807) is 0 Å². The third-order valence-electron chi connectivity index (χ3n) is 0.733. The van der Waals surface area contributed by atoms with Crippen molar-refractivity contribution >= 4 is 63.0 Å². The van der Waals surface area contributed by atoms with Crippen LogP contribution >= 0.6 is 39.9 Å². The van der Waals surface area contributed by atoms with Gasteiger partial charge >= 0.3 is 23.1 Å². The van der Waals surface area contributed by atoms with Crippen molar-refractivity contribution < 1.29 is 2.85 Å². The van der Waals surface area contributed by atoms with E-state index in [1.807, 2.05) is 30.3 Å². The van der Waals surface area contributed by atoms with E-state index in [0.29, 0.717) is 0 Å². The van der Waals surface area contributed by atoms with Crippen molar-refractivity contribution in [2.24, 2.45) is 0 Å². The van der Waals surface area contributed by atoms with E-state index < -0.39 is 0 Å². The third-order valence-corrected chi connectivity index (χ3v) is 1.26. The molecule has 0 unspecified atom stereocenters. The number of halogens is 2. The van der Waals surface area contributed by atoms with Crippen LogP contribution in [0.25, 0.3) is 0 Å². The first-order valence-corrected chi connectivity index (χ1v) is 2.89. The first-order valence-electron chi connectivity index (χ1n) is 2.10. The fourth-order valence-electron chi connectivity index (χ4n) is 0.415. The minimum atomic E-state index is 0. The van der Waals surface area contributed by atoms with Gasteiger partial charge < -0.3 is 2.85 Å². The van der Waals surface area contributed by atoms with Crippen LogP contribution in [0, 0.1) is 0 Å². The molecule has 0 aromatic heterocycles. The summed E-state index contributed by atoms with van der Waals surface area (Å²) in [5.74, 6) is 0. The number of rotatable bonds is 0. The molecule has 0 fully saturated rings. The largest absolute Gasteiger partial charge is 2.00 e. The Bertz CT molecular complexity index is 151. The van der Waals surface area contributed by atoms with E-state index in [4.69, 9.17) is 0 Å². The van der Waals surface area contributed by atoms with Gasteiger partial charge in [0.25, 0.3) is 0 Å². The Morgan fingerprint density at radius 1 is 1.11 bits per heavy atom. The van der Waals surface area contributed by atoms with Crippen LogP contribution in [0.15, 0.2) is 34.8 Å². The summed E-state index contributed by atoms with van der Waals surface area (Å²) >= 11 is 3.31. The summed E-state index contributed by atoms with van der Waals surface area (Å²) in [5, 5.41) is 0. The van der Waals surface area contributed by atoms with Gasteiger partial charge in [-0.15, -0.1) is 24.0 Å². The van der Waals surface area contributed by atoms with Crippen LogP contribution in [0.1, 0.15) is 2.85 Å². The molecule has 0 nitrogen and oxygen atoms in total. The van der Waals surface area contributed by atoms with Gasteiger partial charge in [0.1, 0.15) is 0 Å². The maximum atomic E-state index is 3.31. The Morgan fingerprint density at radius 2 is 1.56 bits per heavy atom. The standard InChI is InChI=1S/C6H5Br.HI.Mg.2H/c7-6-4-2-1-3-5-6;;;;/h1-5H;1H;;;/q;;+2;2*-1. The molecule has 0 aliphatic heterocycles. The molecule has 1 aromatic carbocycles. The predicted molar refractivity (Wildman–Crippen MR) is 57.5 cm³/mol. The van der Waals surface area contributed by atoms with E-state index >= 15 is 0 Å². The van der Waals surface area contributed by atoms with Gasteiger partial charge in [-0.3, -0.25) is 0 Å². The zero-order valence-corrected chi connectivity index (χ0v) is 10.2. The van der Waals surface area contributed by atoms with Gasteiger partial charge in [0.05, 0.1) is 0 Å². The van der Waals surface area contributed by atoms with Crippen molar-refractivity contribution in [3.8, 4) is 0 Å². The molecule has 0 saturated carbocycles. The molecular weight excluding hydrogens is 303 g/mol. The SMILES string of the molecule is Brc1ccccc1.I.[H-].[H-].[Mg+2]. The molecule has 0 bridgehead atoms. The maximum Gasteiger partial charge on any atom is 2.00 e. The third kappa shape index (κ3) is 5.63. The molecule has 0 radical (unpaired) electrons.